The van der Waals surface area contributed by atoms with Gasteiger partial charge in [-0.25, -0.2) is 4.98 Å². The van der Waals surface area contributed by atoms with Gasteiger partial charge in [0, 0.05) is 18.0 Å². The zero-order valence-corrected chi connectivity index (χ0v) is 11.7. The lowest BCUT2D eigenvalue weighted by molar-refractivity contribution is 0.572. The number of nitrogens with one attached hydrogen (secondary N) is 1. The summed E-state index contributed by atoms with van der Waals surface area (Å²) in [7, 11) is 0. The zero-order chi connectivity index (χ0) is 13.1. The molecule has 0 saturated heterocycles. The molecule has 19 heavy (non-hydrogen) atoms. The summed E-state index contributed by atoms with van der Waals surface area (Å²) in [6.45, 7) is 3.02. The van der Waals surface area contributed by atoms with E-state index in [1.807, 2.05) is 5.51 Å². The van der Waals surface area contributed by atoms with E-state index >= 15 is 0 Å². The predicted molar refractivity (Wildman–Crippen MR) is 81.3 cm³/mol. The van der Waals surface area contributed by atoms with Crippen LogP contribution in [0.2, 0.25) is 0 Å². The highest BCUT2D eigenvalue weighted by molar-refractivity contribution is 7.07. The van der Waals surface area contributed by atoms with Crippen LogP contribution in [0.25, 0.3) is 10.8 Å². The number of hydrogen-bond donors (Lipinski definition) is 1. The van der Waals surface area contributed by atoms with Crippen LogP contribution in [0.1, 0.15) is 24.2 Å². The molecule has 0 aliphatic rings. The molecule has 1 N–H and O–H groups in total. The predicted octanol–water partition coefficient (Wildman–Crippen LogP) is 4.15. The van der Waals surface area contributed by atoms with Gasteiger partial charge in [-0.1, -0.05) is 42.5 Å². The third-order valence-electron chi connectivity index (χ3n) is 3.36. The average Bonchev–Trinajstić information content (AvgIpc) is 2.97. The second kappa shape index (κ2) is 5.51. The minimum Gasteiger partial charge on any atom is -0.305 e. The summed E-state index contributed by atoms with van der Waals surface area (Å²) in [4.78, 5) is 4.30. The van der Waals surface area contributed by atoms with Crippen LogP contribution in [0.4, 0.5) is 0 Å². The van der Waals surface area contributed by atoms with E-state index in [2.05, 4.69) is 65.1 Å². The van der Waals surface area contributed by atoms with Crippen LogP contribution < -0.4 is 5.32 Å². The number of hydrogen-bond acceptors (Lipinski definition) is 3. The summed E-state index contributed by atoms with van der Waals surface area (Å²) in [5.74, 6) is 0. The highest BCUT2D eigenvalue weighted by Crippen LogP contribution is 2.24. The van der Waals surface area contributed by atoms with Gasteiger partial charge in [0.05, 0.1) is 11.2 Å². The molecule has 0 spiro atoms. The Kier molecular flexibility index (Phi) is 3.58. The molecule has 0 saturated carbocycles. The Labute approximate surface area is 117 Å². The van der Waals surface area contributed by atoms with Gasteiger partial charge in [-0.3, -0.25) is 0 Å². The Morgan fingerprint density at radius 2 is 2.00 bits per heavy atom. The largest absolute Gasteiger partial charge is 0.305 e. The molecule has 0 aliphatic carbocycles. The van der Waals surface area contributed by atoms with Crippen LogP contribution in [-0.4, -0.2) is 4.98 Å². The smallest absolute Gasteiger partial charge is 0.0795 e. The van der Waals surface area contributed by atoms with Crippen LogP contribution in [0, 0.1) is 0 Å². The monoisotopic (exact) mass is 268 g/mol. The summed E-state index contributed by atoms with van der Waals surface area (Å²) >= 11 is 1.64. The lowest BCUT2D eigenvalue weighted by atomic mass is 10.00. The summed E-state index contributed by atoms with van der Waals surface area (Å²) in [6, 6.07) is 15.3. The topological polar surface area (TPSA) is 24.9 Å². The Morgan fingerprint density at radius 3 is 2.84 bits per heavy atom. The molecule has 0 radical (unpaired) electrons. The molecule has 0 unspecified atom stereocenters. The minimum atomic E-state index is 0.313. The first-order valence-electron chi connectivity index (χ1n) is 6.43. The molecule has 1 atom stereocenters. The second-order valence-corrected chi connectivity index (χ2v) is 5.37. The van der Waals surface area contributed by atoms with E-state index in [0.29, 0.717) is 6.04 Å². The number of rotatable bonds is 4. The highest BCUT2D eigenvalue weighted by Gasteiger charge is 2.08. The van der Waals surface area contributed by atoms with Gasteiger partial charge >= 0.3 is 0 Å². The molecule has 2 nitrogen and oxygen atoms in total. The molecule has 3 aromatic rings. The van der Waals surface area contributed by atoms with E-state index in [1.54, 1.807) is 11.3 Å². The van der Waals surface area contributed by atoms with Crippen molar-refractivity contribution in [3.63, 3.8) is 0 Å². The highest BCUT2D eigenvalue weighted by atomic mass is 32.1. The summed E-state index contributed by atoms with van der Waals surface area (Å²) < 4.78 is 0. The van der Waals surface area contributed by atoms with Gasteiger partial charge in [-0.2, -0.15) is 0 Å². The lowest BCUT2D eigenvalue weighted by Crippen LogP contribution is -2.18. The van der Waals surface area contributed by atoms with Crippen molar-refractivity contribution in [3.05, 3.63) is 64.6 Å². The van der Waals surface area contributed by atoms with E-state index in [9.17, 15) is 0 Å². The fourth-order valence-electron chi connectivity index (χ4n) is 2.32. The van der Waals surface area contributed by atoms with Crippen molar-refractivity contribution in [1.82, 2.24) is 10.3 Å². The number of thiazole rings is 1. The normalized spacial score (nSPS) is 12.7. The number of aromatic nitrogens is 1. The van der Waals surface area contributed by atoms with E-state index in [-0.39, 0.29) is 0 Å². The lowest BCUT2D eigenvalue weighted by Gasteiger charge is -2.16. The number of fused-ring (bicyclic) bond motifs is 1. The number of benzene rings is 2. The Morgan fingerprint density at radius 1 is 1.16 bits per heavy atom. The Balaban J connectivity index is 1.83. The van der Waals surface area contributed by atoms with Gasteiger partial charge in [0.1, 0.15) is 0 Å². The first-order valence-corrected chi connectivity index (χ1v) is 7.37. The molecule has 0 fully saturated rings. The molecule has 1 heterocycles. The summed E-state index contributed by atoms with van der Waals surface area (Å²) in [6.07, 6.45) is 0. The quantitative estimate of drug-likeness (QED) is 0.769. The number of nitrogens with zero attached hydrogens (tertiary/aromatic N) is 1. The maximum absolute atomic E-state index is 4.30. The maximum atomic E-state index is 4.30. The van der Waals surface area contributed by atoms with Crippen LogP contribution in [0.5, 0.6) is 0 Å². The van der Waals surface area contributed by atoms with Crippen molar-refractivity contribution in [1.29, 1.82) is 0 Å². The third kappa shape index (κ3) is 2.67. The van der Waals surface area contributed by atoms with Crippen molar-refractivity contribution in [2.75, 3.05) is 0 Å². The Bertz CT molecular complexity index is 656. The van der Waals surface area contributed by atoms with Crippen molar-refractivity contribution in [2.45, 2.75) is 19.5 Å². The molecule has 3 rings (SSSR count). The summed E-state index contributed by atoms with van der Waals surface area (Å²) in [5.41, 5.74) is 4.32. The molecule has 1 aromatic heterocycles. The van der Waals surface area contributed by atoms with Crippen LogP contribution in [0.15, 0.2) is 53.4 Å². The van der Waals surface area contributed by atoms with Crippen molar-refractivity contribution < 1.29 is 0 Å². The molecule has 0 bridgehead atoms. The van der Waals surface area contributed by atoms with Gasteiger partial charge < -0.3 is 5.32 Å². The molecule has 3 heteroatoms. The summed E-state index contributed by atoms with van der Waals surface area (Å²) in [5, 5.41) is 8.24. The van der Waals surface area contributed by atoms with E-state index in [1.165, 1.54) is 16.3 Å². The molecular weight excluding hydrogens is 252 g/mol. The average molecular weight is 268 g/mol. The van der Waals surface area contributed by atoms with E-state index < -0.39 is 0 Å². The van der Waals surface area contributed by atoms with Crippen LogP contribution in [-0.2, 0) is 6.54 Å². The molecule has 2 aromatic carbocycles. The zero-order valence-electron chi connectivity index (χ0n) is 10.8. The first-order chi connectivity index (χ1) is 9.34. The standard InChI is InChI=1S/C16H16N2S/c1-12(17-9-14-10-19-11-18-14)15-8-4-6-13-5-2-3-7-16(13)15/h2-8,10-12,17H,9H2,1H3/t12-/m0/s1. The van der Waals surface area contributed by atoms with Crippen molar-refractivity contribution in [2.24, 2.45) is 0 Å². The van der Waals surface area contributed by atoms with Gasteiger partial charge in [0.15, 0.2) is 0 Å². The molecular formula is C16H16N2S. The third-order valence-corrected chi connectivity index (χ3v) is 4.00. The van der Waals surface area contributed by atoms with Gasteiger partial charge in [-0.15, -0.1) is 11.3 Å². The fourth-order valence-corrected chi connectivity index (χ4v) is 2.88. The maximum Gasteiger partial charge on any atom is 0.0795 e. The second-order valence-electron chi connectivity index (χ2n) is 4.65. The van der Waals surface area contributed by atoms with Gasteiger partial charge in [-0.05, 0) is 23.3 Å². The van der Waals surface area contributed by atoms with Crippen LogP contribution in [0.3, 0.4) is 0 Å². The van der Waals surface area contributed by atoms with Gasteiger partial charge in [0.25, 0.3) is 0 Å². The van der Waals surface area contributed by atoms with Crippen molar-refractivity contribution in [3.8, 4) is 0 Å². The van der Waals surface area contributed by atoms with E-state index in [0.717, 1.165) is 12.2 Å². The van der Waals surface area contributed by atoms with E-state index in [4.69, 9.17) is 0 Å². The Hall–Kier alpha value is -1.71. The fraction of sp³-hybridized carbons (Fsp3) is 0.188. The molecule has 0 aliphatic heterocycles. The molecule has 96 valence electrons. The van der Waals surface area contributed by atoms with Gasteiger partial charge in [0.2, 0.25) is 0 Å². The van der Waals surface area contributed by atoms with Crippen LogP contribution >= 0.6 is 11.3 Å². The SMILES string of the molecule is C[C@H](NCc1cscn1)c1cccc2ccccc12. The first kappa shape index (κ1) is 12.3. The van der Waals surface area contributed by atoms with Crippen molar-refractivity contribution >= 4 is 22.1 Å². The minimum absolute atomic E-state index is 0.313. The molecule has 0 amide bonds.